The molecule has 0 aromatic heterocycles. The largest absolute Gasteiger partial charge is 0.492 e. The lowest BCUT2D eigenvalue weighted by atomic mass is 10.1. The second-order valence-corrected chi connectivity index (χ2v) is 7.92. The second-order valence-electron chi connectivity index (χ2n) is 4.78. The van der Waals surface area contributed by atoms with Gasteiger partial charge in [0.1, 0.15) is 12.4 Å². The summed E-state index contributed by atoms with van der Waals surface area (Å²) in [7, 11) is -2.76. The fourth-order valence-corrected chi connectivity index (χ4v) is 4.24. The van der Waals surface area contributed by atoms with Crippen molar-refractivity contribution in [2.24, 2.45) is 5.92 Å². The first kappa shape index (κ1) is 14.8. The third-order valence-electron chi connectivity index (χ3n) is 3.12. The van der Waals surface area contributed by atoms with Crippen LogP contribution in [-0.2, 0) is 9.84 Å². The lowest BCUT2D eigenvalue weighted by Crippen LogP contribution is -2.27. The Morgan fingerprint density at radius 3 is 2.68 bits per heavy atom. The van der Waals surface area contributed by atoms with Crippen LogP contribution in [-0.4, -0.2) is 39.6 Å². The summed E-state index contributed by atoms with van der Waals surface area (Å²) in [4.78, 5) is 0. The minimum atomic E-state index is -2.76. The van der Waals surface area contributed by atoms with Crippen molar-refractivity contribution in [2.75, 3.05) is 31.2 Å². The van der Waals surface area contributed by atoms with Crippen LogP contribution in [0.2, 0.25) is 0 Å². The highest BCUT2D eigenvalue weighted by Crippen LogP contribution is 2.17. The lowest BCUT2D eigenvalue weighted by molar-refractivity contribution is 0.310. The van der Waals surface area contributed by atoms with E-state index in [0.717, 1.165) is 29.7 Å². The van der Waals surface area contributed by atoms with E-state index in [1.54, 1.807) is 0 Å². The zero-order chi connectivity index (χ0) is 13.7. The van der Waals surface area contributed by atoms with Gasteiger partial charge in [-0.1, -0.05) is 15.9 Å². The summed E-state index contributed by atoms with van der Waals surface area (Å²) in [5.41, 5.74) is 0. The van der Waals surface area contributed by atoms with Gasteiger partial charge < -0.3 is 10.1 Å². The van der Waals surface area contributed by atoms with Crippen LogP contribution in [0.15, 0.2) is 28.7 Å². The van der Waals surface area contributed by atoms with E-state index >= 15 is 0 Å². The molecule has 106 valence electrons. The first-order chi connectivity index (χ1) is 9.05. The Morgan fingerprint density at radius 1 is 1.32 bits per heavy atom. The van der Waals surface area contributed by atoms with Crippen LogP contribution in [0.25, 0.3) is 0 Å². The molecule has 1 aliphatic heterocycles. The number of hydrogen-bond donors (Lipinski definition) is 1. The van der Waals surface area contributed by atoms with E-state index < -0.39 is 9.84 Å². The lowest BCUT2D eigenvalue weighted by Gasteiger charge is -2.10. The molecule has 1 N–H and O–H groups in total. The smallest absolute Gasteiger partial charge is 0.150 e. The Labute approximate surface area is 122 Å². The van der Waals surface area contributed by atoms with Crippen molar-refractivity contribution in [1.82, 2.24) is 5.32 Å². The molecule has 0 amide bonds. The molecule has 1 saturated heterocycles. The van der Waals surface area contributed by atoms with Gasteiger partial charge in [0, 0.05) is 11.0 Å². The van der Waals surface area contributed by atoms with Gasteiger partial charge in [0.2, 0.25) is 0 Å². The average molecular weight is 348 g/mol. The maximum atomic E-state index is 11.3. The molecule has 1 atom stereocenters. The molecule has 19 heavy (non-hydrogen) atoms. The van der Waals surface area contributed by atoms with Crippen molar-refractivity contribution in [3.63, 3.8) is 0 Å². The highest BCUT2D eigenvalue weighted by molar-refractivity contribution is 9.10. The highest BCUT2D eigenvalue weighted by atomic mass is 79.9. The van der Waals surface area contributed by atoms with E-state index in [-0.39, 0.29) is 5.92 Å². The highest BCUT2D eigenvalue weighted by Gasteiger charge is 2.27. The fraction of sp³-hybridized carbons (Fsp3) is 0.538. The molecule has 2 rings (SSSR count). The van der Waals surface area contributed by atoms with Gasteiger partial charge in [-0.2, -0.15) is 0 Å². The standard InChI is InChI=1S/C13H18BrNO3S/c14-12-1-3-13(4-2-12)18-7-6-15-9-11-5-8-19(16,17)10-11/h1-4,11,15H,5-10H2. The second kappa shape index (κ2) is 6.72. The summed E-state index contributed by atoms with van der Waals surface area (Å²) < 4.78 is 29.2. The molecule has 4 nitrogen and oxygen atoms in total. The summed E-state index contributed by atoms with van der Waals surface area (Å²) in [6.07, 6.45) is 0.781. The van der Waals surface area contributed by atoms with Gasteiger partial charge in [0.25, 0.3) is 0 Å². The predicted octanol–water partition coefficient (Wildman–Crippen LogP) is 1.85. The van der Waals surface area contributed by atoms with Crippen molar-refractivity contribution in [3.05, 3.63) is 28.7 Å². The molecular formula is C13H18BrNO3S. The first-order valence-corrected chi connectivity index (χ1v) is 8.96. The number of ether oxygens (including phenoxy) is 1. The molecule has 1 aromatic rings. The van der Waals surface area contributed by atoms with E-state index in [1.807, 2.05) is 24.3 Å². The van der Waals surface area contributed by atoms with Crippen LogP contribution in [0.5, 0.6) is 5.75 Å². The van der Waals surface area contributed by atoms with Gasteiger partial charge in [0.05, 0.1) is 11.5 Å². The molecule has 0 saturated carbocycles. The molecule has 1 fully saturated rings. The molecule has 1 unspecified atom stereocenters. The zero-order valence-electron chi connectivity index (χ0n) is 10.6. The number of hydrogen-bond acceptors (Lipinski definition) is 4. The van der Waals surface area contributed by atoms with Crippen LogP contribution in [0.4, 0.5) is 0 Å². The summed E-state index contributed by atoms with van der Waals surface area (Å²) in [6.45, 7) is 2.07. The van der Waals surface area contributed by atoms with Crippen LogP contribution >= 0.6 is 15.9 Å². The number of sulfone groups is 1. The zero-order valence-corrected chi connectivity index (χ0v) is 13.0. The summed E-state index contributed by atoms with van der Waals surface area (Å²) in [5.74, 6) is 1.77. The first-order valence-electron chi connectivity index (χ1n) is 6.35. The summed E-state index contributed by atoms with van der Waals surface area (Å²) in [6, 6.07) is 7.69. The summed E-state index contributed by atoms with van der Waals surface area (Å²) in [5, 5.41) is 3.25. The quantitative estimate of drug-likeness (QED) is 0.798. The monoisotopic (exact) mass is 347 g/mol. The number of benzene rings is 1. The van der Waals surface area contributed by atoms with Crippen LogP contribution in [0.1, 0.15) is 6.42 Å². The third kappa shape index (κ3) is 5.12. The molecule has 0 bridgehead atoms. The van der Waals surface area contributed by atoms with Gasteiger partial charge >= 0.3 is 0 Å². The molecule has 1 heterocycles. The maximum Gasteiger partial charge on any atom is 0.150 e. The molecule has 1 aromatic carbocycles. The van der Waals surface area contributed by atoms with E-state index in [9.17, 15) is 8.42 Å². The molecule has 6 heteroatoms. The SMILES string of the molecule is O=S1(=O)CCC(CNCCOc2ccc(Br)cc2)C1. The minimum Gasteiger partial charge on any atom is -0.492 e. The van der Waals surface area contributed by atoms with Crippen LogP contribution in [0.3, 0.4) is 0 Å². The van der Waals surface area contributed by atoms with Crippen LogP contribution in [0, 0.1) is 5.92 Å². The van der Waals surface area contributed by atoms with E-state index in [2.05, 4.69) is 21.2 Å². The van der Waals surface area contributed by atoms with Crippen LogP contribution < -0.4 is 10.1 Å². The topological polar surface area (TPSA) is 55.4 Å². The van der Waals surface area contributed by atoms with E-state index in [1.165, 1.54) is 0 Å². The fourth-order valence-electron chi connectivity index (χ4n) is 2.11. The van der Waals surface area contributed by atoms with Crippen molar-refractivity contribution in [1.29, 1.82) is 0 Å². The average Bonchev–Trinajstić information content (AvgIpc) is 2.71. The Balaban J connectivity index is 1.59. The van der Waals surface area contributed by atoms with Gasteiger partial charge in [-0.05, 0) is 43.1 Å². The number of rotatable bonds is 6. The van der Waals surface area contributed by atoms with E-state index in [4.69, 9.17) is 4.74 Å². The maximum absolute atomic E-state index is 11.3. The molecule has 0 aliphatic carbocycles. The molecule has 0 radical (unpaired) electrons. The van der Waals surface area contributed by atoms with E-state index in [0.29, 0.717) is 18.1 Å². The van der Waals surface area contributed by atoms with Crippen molar-refractivity contribution < 1.29 is 13.2 Å². The third-order valence-corrected chi connectivity index (χ3v) is 5.49. The van der Waals surface area contributed by atoms with Gasteiger partial charge in [-0.15, -0.1) is 0 Å². The van der Waals surface area contributed by atoms with Crippen molar-refractivity contribution >= 4 is 25.8 Å². The Bertz CT molecular complexity index is 501. The van der Waals surface area contributed by atoms with Gasteiger partial charge in [-0.25, -0.2) is 8.42 Å². The minimum absolute atomic E-state index is 0.262. The Kier molecular flexibility index (Phi) is 5.24. The molecule has 0 spiro atoms. The normalized spacial score (nSPS) is 21.4. The Morgan fingerprint density at radius 2 is 2.05 bits per heavy atom. The molecule has 1 aliphatic rings. The molecular weight excluding hydrogens is 330 g/mol. The predicted molar refractivity (Wildman–Crippen MR) is 79.3 cm³/mol. The van der Waals surface area contributed by atoms with Gasteiger partial charge in [0.15, 0.2) is 9.84 Å². The summed E-state index contributed by atoms with van der Waals surface area (Å²) >= 11 is 3.37. The van der Waals surface area contributed by atoms with Crippen molar-refractivity contribution in [2.45, 2.75) is 6.42 Å². The van der Waals surface area contributed by atoms with Gasteiger partial charge in [-0.3, -0.25) is 0 Å². The van der Waals surface area contributed by atoms with Crippen molar-refractivity contribution in [3.8, 4) is 5.75 Å². The number of halogens is 1. The Hall–Kier alpha value is -0.590. The number of nitrogens with one attached hydrogen (secondary N) is 1.